The first-order valence-electron chi connectivity index (χ1n) is 8.13. The zero-order valence-corrected chi connectivity index (χ0v) is 13.2. The van der Waals surface area contributed by atoms with Crippen LogP contribution >= 0.6 is 0 Å². The van der Waals surface area contributed by atoms with Gasteiger partial charge in [0.2, 0.25) is 0 Å². The van der Waals surface area contributed by atoms with Gasteiger partial charge in [-0.15, -0.1) is 0 Å². The van der Waals surface area contributed by atoms with Crippen LogP contribution in [0.25, 0.3) is 0 Å². The molecule has 22 heavy (non-hydrogen) atoms. The number of nitrogens with zero attached hydrogens (tertiary/aromatic N) is 1. The molecular weight excluding hydrogens is 281 g/mol. The predicted octanol–water partition coefficient (Wildman–Crippen LogP) is 2.08. The number of rotatable bonds is 6. The van der Waals surface area contributed by atoms with Crippen molar-refractivity contribution in [2.24, 2.45) is 10.9 Å². The molecule has 2 rings (SSSR count). The largest absolute Gasteiger partial charge is 0.393 e. The minimum absolute atomic E-state index is 0.201. The molecule has 0 aliphatic heterocycles. The molecule has 0 spiro atoms. The minimum Gasteiger partial charge on any atom is -0.393 e. The second-order valence-corrected chi connectivity index (χ2v) is 5.78. The lowest BCUT2D eigenvalue weighted by Gasteiger charge is -2.15. The molecule has 3 N–H and O–H groups in total. The Bertz CT molecular complexity index is 493. The molecule has 1 aromatic carbocycles. The first-order chi connectivity index (χ1) is 10.7. The van der Waals surface area contributed by atoms with Crippen LogP contribution in [-0.2, 0) is 6.42 Å². The van der Waals surface area contributed by atoms with Crippen molar-refractivity contribution in [1.82, 2.24) is 10.6 Å². The smallest absolute Gasteiger partial charge is 0.191 e. The van der Waals surface area contributed by atoms with Crippen LogP contribution in [0.5, 0.6) is 0 Å². The van der Waals surface area contributed by atoms with Gasteiger partial charge in [-0.25, -0.2) is 4.39 Å². The van der Waals surface area contributed by atoms with E-state index >= 15 is 0 Å². The van der Waals surface area contributed by atoms with E-state index in [1.807, 2.05) is 13.0 Å². The molecule has 122 valence electrons. The number of nitrogens with one attached hydrogen (secondary N) is 2. The summed E-state index contributed by atoms with van der Waals surface area (Å²) in [6, 6.07) is 6.66. The van der Waals surface area contributed by atoms with Gasteiger partial charge in [-0.2, -0.15) is 0 Å². The van der Waals surface area contributed by atoms with E-state index in [1.165, 1.54) is 6.07 Å². The average molecular weight is 307 g/mol. The van der Waals surface area contributed by atoms with Crippen molar-refractivity contribution in [3.63, 3.8) is 0 Å². The third-order valence-corrected chi connectivity index (χ3v) is 4.04. The topological polar surface area (TPSA) is 56.7 Å². The molecular formula is C17H26FN3O. The van der Waals surface area contributed by atoms with Crippen molar-refractivity contribution in [3.05, 3.63) is 35.6 Å². The first kappa shape index (κ1) is 16.7. The summed E-state index contributed by atoms with van der Waals surface area (Å²) < 4.78 is 13.1. The molecule has 0 saturated heterocycles. The summed E-state index contributed by atoms with van der Waals surface area (Å²) in [4.78, 5) is 4.55. The maximum atomic E-state index is 13.1. The van der Waals surface area contributed by atoms with E-state index in [2.05, 4.69) is 15.6 Å². The van der Waals surface area contributed by atoms with E-state index in [4.69, 9.17) is 0 Å². The standard InChI is InChI=1S/C17H26FN3O/c1-2-19-17(21-12-14-6-4-8-16(14)22)20-10-9-13-5-3-7-15(18)11-13/h3,5,7,11,14,16,22H,2,4,6,8-10,12H2,1H3,(H2,19,20,21). The highest BCUT2D eigenvalue weighted by molar-refractivity contribution is 5.79. The molecule has 0 amide bonds. The van der Waals surface area contributed by atoms with Crippen LogP contribution < -0.4 is 10.6 Å². The molecule has 0 radical (unpaired) electrons. The Balaban J connectivity index is 1.80. The van der Waals surface area contributed by atoms with Gasteiger partial charge in [0.25, 0.3) is 0 Å². The quantitative estimate of drug-likeness (QED) is 0.557. The van der Waals surface area contributed by atoms with Crippen LogP contribution in [0.4, 0.5) is 4.39 Å². The molecule has 2 atom stereocenters. The zero-order chi connectivity index (χ0) is 15.8. The maximum absolute atomic E-state index is 13.1. The molecule has 1 aliphatic rings. The van der Waals surface area contributed by atoms with Crippen LogP contribution in [0.3, 0.4) is 0 Å². The molecule has 0 aromatic heterocycles. The molecule has 5 heteroatoms. The van der Waals surface area contributed by atoms with Crippen molar-refractivity contribution >= 4 is 5.96 Å². The molecule has 0 bridgehead atoms. The maximum Gasteiger partial charge on any atom is 0.191 e. The number of guanidine groups is 1. The molecule has 1 aromatic rings. The summed E-state index contributed by atoms with van der Waals surface area (Å²) in [5, 5.41) is 16.3. The van der Waals surface area contributed by atoms with Crippen molar-refractivity contribution in [2.45, 2.75) is 38.7 Å². The van der Waals surface area contributed by atoms with Crippen LogP contribution in [0, 0.1) is 11.7 Å². The summed E-state index contributed by atoms with van der Waals surface area (Å²) in [6.07, 6.45) is 3.56. The van der Waals surface area contributed by atoms with Gasteiger partial charge in [0.1, 0.15) is 5.82 Å². The Morgan fingerprint density at radius 2 is 2.23 bits per heavy atom. The van der Waals surface area contributed by atoms with E-state index in [9.17, 15) is 9.50 Å². The molecule has 1 fully saturated rings. The van der Waals surface area contributed by atoms with Gasteiger partial charge in [0, 0.05) is 25.6 Å². The van der Waals surface area contributed by atoms with Gasteiger partial charge in [-0.1, -0.05) is 18.6 Å². The molecule has 1 aliphatic carbocycles. The molecule has 1 saturated carbocycles. The fourth-order valence-electron chi connectivity index (χ4n) is 2.80. The van der Waals surface area contributed by atoms with Crippen molar-refractivity contribution in [2.75, 3.05) is 19.6 Å². The number of aliphatic hydroxyl groups is 1. The first-order valence-corrected chi connectivity index (χ1v) is 8.13. The Labute approximate surface area is 131 Å². The summed E-state index contributed by atoms with van der Waals surface area (Å²) in [5.74, 6) is 0.838. The third kappa shape index (κ3) is 5.30. The van der Waals surface area contributed by atoms with E-state index in [-0.39, 0.29) is 17.8 Å². The Hall–Kier alpha value is -1.62. The van der Waals surface area contributed by atoms with Crippen LogP contribution in [-0.4, -0.2) is 36.8 Å². The van der Waals surface area contributed by atoms with Crippen LogP contribution in [0.2, 0.25) is 0 Å². The number of aliphatic hydroxyl groups excluding tert-OH is 1. The lowest BCUT2D eigenvalue weighted by atomic mass is 10.1. The fraction of sp³-hybridized carbons (Fsp3) is 0.588. The highest BCUT2D eigenvalue weighted by Crippen LogP contribution is 2.25. The average Bonchev–Trinajstić information content (AvgIpc) is 2.90. The highest BCUT2D eigenvalue weighted by Gasteiger charge is 2.24. The van der Waals surface area contributed by atoms with Crippen LogP contribution in [0.15, 0.2) is 29.3 Å². The Morgan fingerprint density at radius 1 is 1.36 bits per heavy atom. The van der Waals surface area contributed by atoms with Gasteiger partial charge in [0.15, 0.2) is 5.96 Å². The number of hydrogen-bond acceptors (Lipinski definition) is 2. The number of aliphatic imine (C=N–C) groups is 1. The SMILES string of the molecule is CCNC(=NCC1CCCC1O)NCCc1cccc(F)c1. The fourth-order valence-corrected chi connectivity index (χ4v) is 2.80. The van der Waals surface area contributed by atoms with E-state index in [0.717, 1.165) is 43.8 Å². The summed E-state index contributed by atoms with van der Waals surface area (Å²) in [7, 11) is 0. The van der Waals surface area contributed by atoms with E-state index in [0.29, 0.717) is 13.1 Å². The number of halogens is 1. The second-order valence-electron chi connectivity index (χ2n) is 5.78. The van der Waals surface area contributed by atoms with Gasteiger partial charge in [0.05, 0.1) is 6.10 Å². The van der Waals surface area contributed by atoms with E-state index in [1.54, 1.807) is 12.1 Å². The minimum atomic E-state index is -0.209. The molecule has 2 unspecified atom stereocenters. The molecule has 0 heterocycles. The summed E-state index contributed by atoms with van der Waals surface area (Å²) in [6.45, 7) is 4.16. The Kier molecular flexibility index (Phi) is 6.65. The normalized spacial score (nSPS) is 21.9. The van der Waals surface area contributed by atoms with Gasteiger partial charge in [-0.3, -0.25) is 4.99 Å². The number of benzene rings is 1. The Morgan fingerprint density at radius 3 is 2.91 bits per heavy atom. The second kappa shape index (κ2) is 8.73. The summed E-state index contributed by atoms with van der Waals surface area (Å²) in [5.41, 5.74) is 0.967. The van der Waals surface area contributed by atoms with Gasteiger partial charge < -0.3 is 15.7 Å². The van der Waals surface area contributed by atoms with Gasteiger partial charge in [-0.05, 0) is 43.9 Å². The van der Waals surface area contributed by atoms with E-state index < -0.39 is 0 Å². The lowest BCUT2D eigenvalue weighted by molar-refractivity contribution is 0.136. The van der Waals surface area contributed by atoms with Crippen LogP contribution in [0.1, 0.15) is 31.7 Å². The monoisotopic (exact) mass is 307 g/mol. The number of hydrogen-bond donors (Lipinski definition) is 3. The van der Waals surface area contributed by atoms with Gasteiger partial charge >= 0.3 is 0 Å². The molecule has 4 nitrogen and oxygen atoms in total. The zero-order valence-electron chi connectivity index (χ0n) is 13.2. The van der Waals surface area contributed by atoms with Crippen molar-refractivity contribution in [1.29, 1.82) is 0 Å². The predicted molar refractivity (Wildman–Crippen MR) is 87.4 cm³/mol. The van der Waals surface area contributed by atoms with Crippen molar-refractivity contribution < 1.29 is 9.50 Å². The lowest BCUT2D eigenvalue weighted by Crippen LogP contribution is -2.39. The summed E-state index contributed by atoms with van der Waals surface area (Å²) >= 11 is 0. The third-order valence-electron chi connectivity index (χ3n) is 4.04. The highest BCUT2D eigenvalue weighted by atomic mass is 19.1. The van der Waals surface area contributed by atoms with Crippen molar-refractivity contribution in [3.8, 4) is 0 Å².